The molecule has 1 heterocycles. The number of para-hydroxylation sites is 1. The number of hydrogen-bond donors (Lipinski definition) is 2. The van der Waals surface area contributed by atoms with Gasteiger partial charge in [-0.25, -0.2) is 4.79 Å². The molecule has 0 spiro atoms. The number of fused-ring (bicyclic) bond motifs is 1. The molecule has 0 bridgehead atoms. The third-order valence-corrected chi connectivity index (χ3v) is 3.42. The van der Waals surface area contributed by atoms with Crippen molar-refractivity contribution in [1.29, 1.82) is 0 Å². The maximum Gasteiger partial charge on any atom is 0.411 e. The van der Waals surface area contributed by atoms with E-state index in [-0.39, 0.29) is 23.2 Å². The van der Waals surface area contributed by atoms with E-state index in [1.54, 1.807) is 31.2 Å². The lowest BCUT2D eigenvalue weighted by Gasteiger charge is -2.10. The zero-order chi connectivity index (χ0) is 17.1. The van der Waals surface area contributed by atoms with Crippen LogP contribution in [0.25, 0.3) is 22.3 Å². The van der Waals surface area contributed by atoms with E-state index in [1.807, 2.05) is 0 Å². The first kappa shape index (κ1) is 15.6. The molecule has 1 amide bonds. The van der Waals surface area contributed by atoms with Gasteiger partial charge in [-0.3, -0.25) is 10.1 Å². The normalized spacial score (nSPS) is 10.5. The smallest absolute Gasteiger partial charge is 0.411 e. The lowest BCUT2D eigenvalue weighted by atomic mass is 10.1. The maximum atomic E-state index is 12.3. The van der Waals surface area contributed by atoms with Gasteiger partial charge in [0.05, 0.1) is 17.7 Å². The molecule has 3 rings (SSSR count). The molecular weight excluding hydrogens is 310 g/mol. The van der Waals surface area contributed by atoms with Crippen LogP contribution in [0.1, 0.15) is 6.92 Å². The Morgan fingerprint density at radius 1 is 1.21 bits per heavy atom. The minimum atomic E-state index is -0.585. The molecule has 0 saturated heterocycles. The number of carbonyl (C=O) groups excluding carboxylic acids is 1. The number of hydrogen-bond acceptors (Lipinski definition) is 5. The lowest BCUT2D eigenvalue weighted by Crippen LogP contribution is -2.14. The van der Waals surface area contributed by atoms with Gasteiger partial charge in [0, 0.05) is 11.6 Å². The summed E-state index contributed by atoms with van der Waals surface area (Å²) in [4.78, 5) is 23.9. The third kappa shape index (κ3) is 3.08. The van der Waals surface area contributed by atoms with Gasteiger partial charge in [0.1, 0.15) is 17.1 Å². The van der Waals surface area contributed by atoms with Crippen molar-refractivity contribution < 1.29 is 19.1 Å². The van der Waals surface area contributed by atoms with Gasteiger partial charge < -0.3 is 14.3 Å². The zero-order valence-electron chi connectivity index (χ0n) is 12.9. The summed E-state index contributed by atoms with van der Waals surface area (Å²) in [5.74, 6) is 0.303. The van der Waals surface area contributed by atoms with Gasteiger partial charge in [0.2, 0.25) is 0 Å². The number of aromatic hydroxyl groups is 1. The van der Waals surface area contributed by atoms with Crippen LogP contribution in [0.3, 0.4) is 0 Å². The predicted molar refractivity (Wildman–Crippen MR) is 90.2 cm³/mol. The molecule has 0 saturated carbocycles. The molecule has 6 heteroatoms. The summed E-state index contributed by atoms with van der Waals surface area (Å²) in [5, 5.41) is 12.4. The predicted octanol–water partition coefficient (Wildman–Crippen LogP) is 3.73. The Labute approximate surface area is 137 Å². The summed E-state index contributed by atoms with van der Waals surface area (Å²) in [6.07, 6.45) is -0.585. The highest BCUT2D eigenvalue weighted by molar-refractivity contribution is 5.91. The molecule has 0 aliphatic carbocycles. The van der Waals surface area contributed by atoms with E-state index in [4.69, 9.17) is 9.15 Å². The highest BCUT2D eigenvalue weighted by Gasteiger charge is 2.13. The highest BCUT2D eigenvalue weighted by Crippen LogP contribution is 2.29. The minimum Gasteiger partial charge on any atom is -0.508 e. The van der Waals surface area contributed by atoms with Crippen LogP contribution in [0.2, 0.25) is 0 Å². The SMILES string of the molecule is CCOC(=O)Nc1ccccc1-c1cc(=O)c2cc(O)ccc2o1. The fraction of sp³-hybridized carbons (Fsp3) is 0.111. The van der Waals surface area contributed by atoms with Crippen LogP contribution in [0, 0.1) is 0 Å². The van der Waals surface area contributed by atoms with Crippen LogP contribution in [0.5, 0.6) is 5.75 Å². The van der Waals surface area contributed by atoms with Crippen molar-refractivity contribution in [2.24, 2.45) is 0 Å². The number of anilines is 1. The maximum absolute atomic E-state index is 12.3. The summed E-state index contributed by atoms with van der Waals surface area (Å²) < 4.78 is 10.6. The highest BCUT2D eigenvalue weighted by atomic mass is 16.5. The molecule has 0 aliphatic rings. The molecule has 0 radical (unpaired) electrons. The minimum absolute atomic E-state index is 0.00747. The van der Waals surface area contributed by atoms with E-state index in [9.17, 15) is 14.7 Å². The van der Waals surface area contributed by atoms with E-state index >= 15 is 0 Å². The van der Waals surface area contributed by atoms with Crippen molar-refractivity contribution >= 4 is 22.7 Å². The van der Waals surface area contributed by atoms with Gasteiger partial charge in [-0.2, -0.15) is 0 Å². The fourth-order valence-corrected chi connectivity index (χ4v) is 2.36. The standard InChI is InChI=1S/C18H15NO5/c1-2-23-18(22)19-14-6-4-3-5-12(14)17-10-15(21)13-9-11(20)7-8-16(13)24-17/h3-10,20H,2H2,1H3,(H,19,22). The first-order chi connectivity index (χ1) is 11.6. The summed E-state index contributed by atoms with van der Waals surface area (Å²) >= 11 is 0. The Bertz CT molecular complexity index is 961. The molecule has 0 fully saturated rings. The largest absolute Gasteiger partial charge is 0.508 e. The second-order valence-electron chi connectivity index (χ2n) is 5.05. The summed E-state index contributed by atoms with van der Waals surface area (Å²) in [7, 11) is 0. The lowest BCUT2D eigenvalue weighted by molar-refractivity contribution is 0.168. The summed E-state index contributed by atoms with van der Waals surface area (Å²) in [6.45, 7) is 1.96. The Kier molecular flexibility index (Phi) is 4.20. The molecule has 6 nitrogen and oxygen atoms in total. The van der Waals surface area contributed by atoms with E-state index < -0.39 is 6.09 Å². The monoisotopic (exact) mass is 325 g/mol. The average Bonchev–Trinajstić information content (AvgIpc) is 2.56. The number of amides is 1. The number of phenols is 1. The molecule has 0 unspecified atom stereocenters. The number of carbonyl (C=O) groups is 1. The van der Waals surface area contributed by atoms with Gasteiger partial charge in [0.25, 0.3) is 0 Å². The number of nitrogens with one attached hydrogen (secondary N) is 1. The average molecular weight is 325 g/mol. The van der Waals surface area contributed by atoms with Crippen LogP contribution in [0.4, 0.5) is 10.5 Å². The number of ether oxygens (including phenoxy) is 1. The van der Waals surface area contributed by atoms with E-state index in [2.05, 4.69) is 5.32 Å². The molecule has 0 aliphatic heterocycles. The topological polar surface area (TPSA) is 88.8 Å². The molecule has 0 atom stereocenters. The van der Waals surface area contributed by atoms with Crippen LogP contribution >= 0.6 is 0 Å². The van der Waals surface area contributed by atoms with Gasteiger partial charge in [0.15, 0.2) is 5.43 Å². The Balaban J connectivity index is 2.09. The van der Waals surface area contributed by atoms with Crippen molar-refractivity contribution in [3.05, 3.63) is 58.8 Å². The fourth-order valence-electron chi connectivity index (χ4n) is 2.36. The molecule has 2 aromatic carbocycles. The third-order valence-electron chi connectivity index (χ3n) is 3.42. The second-order valence-corrected chi connectivity index (χ2v) is 5.05. The second kappa shape index (κ2) is 6.45. The van der Waals surface area contributed by atoms with Crippen molar-refractivity contribution in [3.8, 4) is 17.1 Å². The van der Waals surface area contributed by atoms with E-state index in [1.165, 1.54) is 24.3 Å². The quantitative estimate of drug-likeness (QED) is 0.766. The zero-order valence-corrected chi connectivity index (χ0v) is 12.9. The Hall–Kier alpha value is -3.28. The van der Waals surface area contributed by atoms with Crippen LogP contribution < -0.4 is 10.7 Å². The van der Waals surface area contributed by atoms with Gasteiger partial charge >= 0.3 is 6.09 Å². The van der Waals surface area contributed by atoms with Crippen molar-refractivity contribution in [2.45, 2.75) is 6.92 Å². The van der Waals surface area contributed by atoms with E-state index in [0.29, 0.717) is 22.6 Å². The van der Waals surface area contributed by atoms with Crippen LogP contribution in [-0.2, 0) is 4.74 Å². The molecule has 2 N–H and O–H groups in total. The summed E-state index contributed by atoms with van der Waals surface area (Å²) in [5.41, 5.74) is 1.09. The van der Waals surface area contributed by atoms with E-state index in [0.717, 1.165) is 0 Å². The first-order valence-corrected chi connectivity index (χ1v) is 7.38. The first-order valence-electron chi connectivity index (χ1n) is 7.38. The molecule has 1 aromatic heterocycles. The number of rotatable bonds is 3. The molecular formula is C18H15NO5. The Morgan fingerprint density at radius 3 is 2.79 bits per heavy atom. The van der Waals surface area contributed by atoms with Crippen molar-refractivity contribution in [2.75, 3.05) is 11.9 Å². The molecule has 3 aromatic rings. The molecule has 24 heavy (non-hydrogen) atoms. The number of phenolic OH excluding ortho intramolecular Hbond substituents is 1. The van der Waals surface area contributed by atoms with Crippen molar-refractivity contribution in [1.82, 2.24) is 0 Å². The van der Waals surface area contributed by atoms with Gasteiger partial charge in [-0.1, -0.05) is 12.1 Å². The van der Waals surface area contributed by atoms with Gasteiger partial charge in [-0.05, 0) is 37.3 Å². The summed E-state index contributed by atoms with van der Waals surface area (Å²) in [6, 6.07) is 12.6. The van der Waals surface area contributed by atoms with Crippen LogP contribution in [0.15, 0.2) is 57.7 Å². The van der Waals surface area contributed by atoms with Gasteiger partial charge in [-0.15, -0.1) is 0 Å². The van der Waals surface area contributed by atoms with Crippen molar-refractivity contribution in [3.63, 3.8) is 0 Å². The number of benzene rings is 2. The molecule has 122 valence electrons. The Morgan fingerprint density at radius 2 is 2.00 bits per heavy atom. The van der Waals surface area contributed by atoms with Crippen LogP contribution in [-0.4, -0.2) is 17.8 Å².